The molecule has 0 aromatic heterocycles. The van der Waals surface area contributed by atoms with Crippen LogP contribution in [-0.2, 0) is 22.6 Å². The second-order valence-electron chi connectivity index (χ2n) is 5.49. The van der Waals surface area contributed by atoms with Crippen molar-refractivity contribution in [3.8, 4) is 0 Å². The van der Waals surface area contributed by atoms with E-state index in [4.69, 9.17) is 10.6 Å². The highest BCUT2D eigenvalue weighted by atomic mass is 16.5. The molecule has 110 valence electrons. The van der Waals surface area contributed by atoms with Gasteiger partial charge in [0, 0.05) is 0 Å². The highest BCUT2D eigenvalue weighted by Gasteiger charge is 2.12. The van der Waals surface area contributed by atoms with Gasteiger partial charge < -0.3 is 4.74 Å². The number of carbonyl (C=O) groups is 1. The first-order valence-corrected chi connectivity index (χ1v) is 7.47. The minimum Gasteiger partial charge on any atom is -0.374 e. The lowest BCUT2D eigenvalue weighted by molar-refractivity contribution is -0.120. The van der Waals surface area contributed by atoms with Gasteiger partial charge in [0.2, 0.25) is 5.91 Å². The SMILES string of the molecule is NNC(=O)Cc1ccc(COC2CCCCCC2)cc1. The average molecular weight is 276 g/mol. The summed E-state index contributed by atoms with van der Waals surface area (Å²) in [6.45, 7) is 0.661. The summed E-state index contributed by atoms with van der Waals surface area (Å²) in [5.41, 5.74) is 4.26. The zero-order chi connectivity index (χ0) is 14.2. The van der Waals surface area contributed by atoms with Gasteiger partial charge in [-0.2, -0.15) is 0 Å². The Morgan fingerprint density at radius 3 is 2.30 bits per heavy atom. The Balaban J connectivity index is 1.79. The molecule has 3 N–H and O–H groups in total. The smallest absolute Gasteiger partial charge is 0.238 e. The van der Waals surface area contributed by atoms with E-state index in [9.17, 15) is 4.79 Å². The summed E-state index contributed by atoms with van der Waals surface area (Å²) in [7, 11) is 0. The minimum atomic E-state index is -0.174. The Morgan fingerprint density at radius 1 is 1.10 bits per heavy atom. The van der Waals surface area contributed by atoms with Crippen molar-refractivity contribution in [1.82, 2.24) is 5.43 Å². The van der Waals surface area contributed by atoms with Crippen molar-refractivity contribution in [3.63, 3.8) is 0 Å². The van der Waals surface area contributed by atoms with Crippen LogP contribution in [0.5, 0.6) is 0 Å². The van der Waals surface area contributed by atoms with Crippen molar-refractivity contribution in [2.75, 3.05) is 0 Å². The molecule has 1 aliphatic carbocycles. The van der Waals surface area contributed by atoms with Crippen LogP contribution in [0.25, 0.3) is 0 Å². The molecule has 4 heteroatoms. The predicted molar refractivity (Wildman–Crippen MR) is 78.8 cm³/mol. The predicted octanol–water partition coefficient (Wildman–Crippen LogP) is 2.46. The molecule has 4 nitrogen and oxygen atoms in total. The first kappa shape index (κ1) is 15.0. The Morgan fingerprint density at radius 2 is 1.70 bits per heavy atom. The van der Waals surface area contributed by atoms with Gasteiger partial charge in [-0.25, -0.2) is 5.84 Å². The number of hydrogen-bond donors (Lipinski definition) is 2. The molecule has 1 aliphatic rings. The van der Waals surface area contributed by atoms with Gasteiger partial charge in [-0.3, -0.25) is 10.2 Å². The summed E-state index contributed by atoms with van der Waals surface area (Å²) in [5, 5.41) is 0. The number of nitrogens with two attached hydrogens (primary N) is 1. The zero-order valence-corrected chi connectivity index (χ0v) is 11.9. The van der Waals surface area contributed by atoms with Gasteiger partial charge in [0.25, 0.3) is 0 Å². The van der Waals surface area contributed by atoms with E-state index in [1.165, 1.54) is 38.5 Å². The topological polar surface area (TPSA) is 64.3 Å². The third-order valence-electron chi connectivity index (χ3n) is 3.84. The van der Waals surface area contributed by atoms with Crippen LogP contribution in [0.2, 0.25) is 0 Å². The van der Waals surface area contributed by atoms with Gasteiger partial charge in [-0.15, -0.1) is 0 Å². The molecule has 0 radical (unpaired) electrons. The Bertz CT molecular complexity index is 409. The quantitative estimate of drug-likeness (QED) is 0.376. The highest BCUT2D eigenvalue weighted by molar-refractivity contribution is 5.77. The van der Waals surface area contributed by atoms with Gasteiger partial charge >= 0.3 is 0 Å². The standard InChI is InChI=1S/C16H24N2O2/c17-18-16(19)11-13-7-9-14(10-8-13)12-20-15-5-3-1-2-4-6-15/h7-10,15H,1-6,11-12,17H2,(H,18,19). The van der Waals surface area contributed by atoms with Crippen molar-refractivity contribution < 1.29 is 9.53 Å². The first-order valence-electron chi connectivity index (χ1n) is 7.47. The van der Waals surface area contributed by atoms with Crippen LogP contribution < -0.4 is 11.3 Å². The number of nitrogens with one attached hydrogen (secondary N) is 1. The van der Waals surface area contributed by atoms with Crippen LogP contribution in [0.1, 0.15) is 49.7 Å². The van der Waals surface area contributed by atoms with Crippen LogP contribution >= 0.6 is 0 Å². The van der Waals surface area contributed by atoms with Crippen LogP contribution in [0.15, 0.2) is 24.3 Å². The summed E-state index contributed by atoms with van der Waals surface area (Å²) < 4.78 is 5.99. The first-order chi connectivity index (χ1) is 9.78. The summed E-state index contributed by atoms with van der Waals surface area (Å²) in [5.74, 6) is 4.90. The molecule has 0 aliphatic heterocycles. The summed E-state index contributed by atoms with van der Waals surface area (Å²) in [4.78, 5) is 11.2. The van der Waals surface area contributed by atoms with Crippen LogP contribution in [0, 0.1) is 0 Å². The fraction of sp³-hybridized carbons (Fsp3) is 0.562. The maximum absolute atomic E-state index is 11.2. The van der Waals surface area contributed by atoms with E-state index >= 15 is 0 Å². The number of benzene rings is 1. The van der Waals surface area contributed by atoms with Crippen molar-refractivity contribution in [2.45, 2.75) is 57.7 Å². The normalized spacial score (nSPS) is 16.6. The maximum Gasteiger partial charge on any atom is 0.238 e. The minimum absolute atomic E-state index is 0.174. The van der Waals surface area contributed by atoms with Crippen molar-refractivity contribution in [3.05, 3.63) is 35.4 Å². The number of amides is 1. The molecule has 0 saturated heterocycles. The van der Waals surface area contributed by atoms with Crippen molar-refractivity contribution in [1.29, 1.82) is 0 Å². The molecule has 1 amide bonds. The average Bonchev–Trinajstić information content (AvgIpc) is 2.75. The molecule has 2 rings (SSSR count). The van der Waals surface area contributed by atoms with E-state index in [0.29, 0.717) is 19.1 Å². The lowest BCUT2D eigenvalue weighted by atomic mass is 10.1. The van der Waals surface area contributed by atoms with Gasteiger partial charge in [0.15, 0.2) is 0 Å². The summed E-state index contributed by atoms with van der Waals surface area (Å²) in [6.07, 6.45) is 8.38. The molecule has 1 fully saturated rings. The van der Waals surface area contributed by atoms with Crippen LogP contribution in [0.3, 0.4) is 0 Å². The molecule has 0 atom stereocenters. The fourth-order valence-electron chi connectivity index (χ4n) is 2.61. The molecule has 1 aromatic carbocycles. The Labute approximate surface area is 120 Å². The Hall–Kier alpha value is -1.39. The number of rotatable bonds is 5. The van der Waals surface area contributed by atoms with Gasteiger partial charge in [-0.05, 0) is 24.0 Å². The van der Waals surface area contributed by atoms with E-state index in [0.717, 1.165) is 11.1 Å². The molecule has 20 heavy (non-hydrogen) atoms. The van der Waals surface area contributed by atoms with E-state index < -0.39 is 0 Å². The summed E-state index contributed by atoms with van der Waals surface area (Å²) >= 11 is 0. The van der Waals surface area contributed by atoms with E-state index in [1.54, 1.807) is 0 Å². The van der Waals surface area contributed by atoms with E-state index in [1.807, 2.05) is 24.3 Å². The molecule has 0 spiro atoms. The van der Waals surface area contributed by atoms with Crippen molar-refractivity contribution in [2.24, 2.45) is 5.84 Å². The molecule has 1 saturated carbocycles. The number of carbonyl (C=O) groups excluding carboxylic acids is 1. The molecular formula is C16H24N2O2. The number of hydrogen-bond acceptors (Lipinski definition) is 3. The summed E-state index contributed by atoms with van der Waals surface area (Å²) in [6, 6.07) is 7.97. The lowest BCUT2D eigenvalue weighted by Crippen LogP contribution is -2.31. The highest BCUT2D eigenvalue weighted by Crippen LogP contribution is 2.21. The Kier molecular flexibility index (Phi) is 6.02. The second kappa shape index (κ2) is 8.02. The molecule has 0 unspecified atom stereocenters. The molecule has 0 heterocycles. The lowest BCUT2D eigenvalue weighted by Gasteiger charge is -2.15. The third-order valence-corrected chi connectivity index (χ3v) is 3.84. The van der Waals surface area contributed by atoms with Gasteiger partial charge in [0.1, 0.15) is 0 Å². The van der Waals surface area contributed by atoms with E-state index in [-0.39, 0.29) is 5.91 Å². The van der Waals surface area contributed by atoms with Gasteiger partial charge in [-0.1, -0.05) is 49.9 Å². The third kappa shape index (κ3) is 4.94. The number of ether oxygens (including phenoxy) is 1. The van der Waals surface area contributed by atoms with Crippen LogP contribution in [0.4, 0.5) is 0 Å². The maximum atomic E-state index is 11.2. The molecule has 1 aromatic rings. The fourth-order valence-corrected chi connectivity index (χ4v) is 2.61. The second-order valence-corrected chi connectivity index (χ2v) is 5.49. The number of hydrazine groups is 1. The van der Waals surface area contributed by atoms with E-state index in [2.05, 4.69) is 5.43 Å². The molecular weight excluding hydrogens is 252 g/mol. The van der Waals surface area contributed by atoms with Gasteiger partial charge in [0.05, 0.1) is 19.1 Å². The van der Waals surface area contributed by atoms with Crippen molar-refractivity contribution >= 4 is 5.91 Å². The zero-order valence-electron chi connectivity index (χ0n) is 11.9. The molecule has 0 bridgehead atoms. The largest absolute Gasteiger partial charge is 0.374 e. The monoisotopic (exact) mass is 276 g/mol. The van der Waals surface area contributed by atoms with Crippen LogP contribution in [-0.4, -0.2) is 12.0 Å².